The van der Waals surface area contributed by atoms with E-state index in [0.29, 0.717) is 11.5 Å². The molecule has 0 saturated carbocycles. The summed E-state index contributed by atoms with van der Waals surface area (Å²) in [6, 6.07) is 2.97. The van der Waals surface area contributed by atoms with Crippen molar-refractivity contribution in [1.82, 2.24) is 25.8 Å². The number of aromatic nitrogens is 3. The molecule has 3 amide bonds. The lowest BCUT2D eigenvalue weighted by atomic mass is 10.3. The number of nitrogens with one attached hydrogen (secondary N) is 2. The third kappa shape index (κ3) is 5.06. The van der Waals surface area contributed by atoms with Crippen molar-refractivity contribution >= 4 is 23.7 Å². The average Bonchev–Trinajstić information content (AvgIpc) is 2.95. The maximum Gasteiger partial charge on any atom is 0.321 e. The summed E-state index contributed by atoms with van der Waals surface area (Å²) in [5.41, 5.74) is 0.695. The third-order valence-corrected chi connectivity index (χ3v) is 3.55. The molecule has 8 nitrogen and oxygen atoms in total. The maximum absolute atomic E-state index is 11.9. The van der Waals surface area contributed by atoms with E-state index in [9.17, 15) is 9.59 Å². The third-order valence-electron chi connectivity index (χ3n) is 2.62. The molecule has 2 aromatic rings. The Morgan fingerprint density at radius 2 is 2.04 bits per heavy atom. The van der Waals surface area contributed by atoms with Gasteiger partial charge in [-0.25, -0.2) is 4.79 Å². The van der Waals surface area contributed by atoms with Gasteiger partial charge in [-0.15, -0.1) is 10.2 Å². The summed E-state index contributed by atoms with van der Waals surface area (Å²) in [4.78, 5) is 27.4. The molecule has 0 aliphatic rings. The summed E-state index contributed by atoms with van der Waals surface area (Å²) in [6.07, 6.45) is 3.25. The van der Waals surface area contributed by atoms with Gasteiger partial charge in [-0.05, 0) is 32.9 Å². The van der Waals surface area contributed by atoms with Gasteiger partial charge in [-0.1, -0.05) is 11.8 Å². The van der Waals surface area contributed by atoms with Gasteiger partial charge in [0.2, 0.25) is 11.8 Å². The molecule has 0 aliphatic carbocycles. The van der Waals surface area contributed by atoms with Gasteiger partial charge in [0, 0.05) is 18.4 Å². The van der Waals surface area contributed by atoms with Crippen LogP contribution in [-0.4, -0.2) is 38.4 Å². The molecule has 2 N–H and O–H groups in total. The molecule has 0 saturated heterocycles. The van der Waals surface area contributed by atoms with Crippen LogP contribution in [0.4, 0.5) is 4.79 Å². The van der Waals surface area contributed by atoms with Gasteiger partial charge in [-0.3, -0.25) is 15.1 Å². The molecule has 0 aliphatic heterocycles. The Hall–Kier alpha value is -2.42. The highest BCUT2D eigenvalue weighted by Crippen LogP contribution is 2.25. The quantitative estimate of drug-likeness (QED) is 0.802. The minimum atomic E-state index is -0.560. The molecule has 0 radical (unpaired) electrons. The molecule has 2 aromatic heterocycles. The zero-order chi connectivity index (χ0) is 16.8. The average molecular weight is 335 g/mol. The Kier molecular flexibility index (Phi) is 5.69. The van der Waals surface area contributed by atoms with Gasteiger partial charge in [-0.2, -0.15) is 0 Å². The zero-order valence-electron chi connectivity index (χ0n) is 12.9. The van der Waals surface area contributed by atoms with E-state index in [4.69, 9.17) is 4.42 Å². The number of carbonyl (C=O) groups excluding carboxylic acids is 2. The fourth-order valence-electron chi connectivity index (χ4n) is 1.58. The molecule has 0 aromatic carbocycles. The summed E-state index contributed by atoms with van der Waals surface area (Å²) in [5.74, 6) is -0.111. The summed E-state index contributed by atoms with van der Waals surface area (Å²) in [7, 11) is 0. The van der Waals surface area contributed by atoms with Gasteiger partial charge in [0.1, 0.15) is 0 Å². The van der Waals surface area contributed by atoms with Crippen LogP contribution in [0.15, 0.2) is 34.2 Å². The second-order valence-corrected chi connectivity index (χ2v) is 6.28. The molecule has 9 heteroatoms. The van der Waals surface area contributed by atoms with Crippen molar-refractivity contribution < 1.29 is 14.0 Å². The van der Waals surface area contributed by atoms with Crippen molar-refractivity contribution in [2.75, 3.05) is 0 Å². The van der Waals surface area contributed by atoms with Crippen molar-refractivity contribution in [1.29, 1.82) is 0 Å². The number of rotatable bonds is 5. The highest BCUT2D eigenvalue weighted by molar-refractivity contribution is 8.00. The first kappa shape index (κ1) is 16.9. The number of hydrogen-bond donors (Lipinski definition) is 2. The van der Waals surface area contributed by atoms with E-state index in [0.717, 1.165) is 11.8 Å². The second kappa shape index (κ2) is 7.73. The molecule has 1 atom stereocenters. The Labute approximate surface area is 137 Å². The SMILES string of the molecule is CC(C)NC(=O)NC(=O)[C@H](C)Sc1nnc(-c2cccnc2)o1. The van der Waals surface area contributed by atoms with Crippen LogP contribution in [0, 0.1) is 0 Å². The molecule has 2 heterocycles. The Bertz CT molecular complexity index is 674. The van der Waals surface area contributed by atoms with Gasteiger partial charge in [0.05, 0.1) is 10.8 Å². The minimum absolute atomic E-state index is 0.0521. The van der Waals surface area contributed by atoms with E-state index in [2.05, 4.69) is 25.8 Å². The summed E-state index contributed by atoms with van der Waals surface area (Å²) < 4.78 is 5.48. The standard InChI is InChI=1S/C14H17N5O3S/c1-8(2)16-13(21)17-11(20)9(3)23-14-19-18-12(22-14)10-5-4-6-15-7-10/h4-9H,1-3H3,(H2,16,17,20,21)/t9-/m0/s1. The van der Waals surface area contributed by atoms with Crippen molar-refractivity contribution in [3.8, 4) is 11.5 Å². The van der Waals surface area contributed by atoms with E-state index < -0.39 is 17.2 Å². The largest absolute Gasteiger partial charge is 0.411 e. The lowest BCUT2D eigenvalue weighted by Gasteiger charge is -2.11. The molecule has 0 bridgehead atoms. The Morgan fingerprint density at radius 1 is 1.26 bits per heavy atom. The van der Waals surface area contributed by atoms with E-state index >= 15 is 0 Å². The highest BCUT2D eigenvalue weighted by Gasteiger charge is 2.20. The lowest BCUT2D eigenvalue weighted by Crippen LogP contribution is -2.45. The van der Waals surface area contributed by atoms with Crippen LogP contribution in [0.1, 0.15) is 20.8 Å². The van der Waals surface area contributed by atoms with Crippen LogP contribution in [0.5, 0.6) is 0 Å². The Morgan fingerprint density at radius 3 is 2.70 bits per heavy atom. The first-order valence-corrected chi connectivity index (χ1v) is 7.85. The minimum Gasteiger partial charge on any atom is -0.411 e. The van der Waals surface area contributed by atoms with Crippen LogP contribution in [-0.2, 0) is 4.79 Å². The number of hydrogen-bond acceptors (Lipinski definition) is 7. The van der Waals surface area contributed by atoms with Crippen LogP contribution in [0.3, 0.4) is 0 Å². The van der Waals surface area contributed by atoms with Crippen molar-refractivity contribution in [3.05, 3.63) is 24.5 Å². The van der Waals surface area contributed by atoms with Crippen LogP contribution in [0.2, 0.25) is 0 Å². The molecular formula is C14H17N5O3S. The van der Waals surface area contributed by atoms with Gasteiger partial charge in [0.15, 0.2) is 0 Å². The monoisotopic (exact) mass is 335 g/mol. The highest BCUT2D eigenvalue weighted by atomic mass is 32.2. The molecule has 122 valence electrons. The second-order valence-electron chi connectivity index (χ2n) is 4.99. The zero-order valence-corrected chi connectivity index (χ0v) is 13.8. The normalized spacial score (nSPS) is 12.0. The van der Waals surface area contributed by atoms with Crippen molar-refractivity contribution in [3.63, 3.8) is 0 Å². The van der Waals surface area contributed by atoms with E-state index in [1.54, 1.807) is 45.3 Å². The van der Waals surface area contributed by atoms with E-state index in [1.807, 2.05) is 0 Å². The van der Waals surface area contributed by atoms with Crippen LogP contribution >= 0.6 is 11.8 Å². The molecule has 0 fully saturated rings. The molecule has 0 spiro atoms. The molecule has 0 unspecified atom stereocenters. The predicted molar refractivity (Wildman–Crippen MR) is 84.7 cm³/mol. The first-order valence-electron chi connectivity index (χ1n) is 6.97. The van der Waals surface area contributed by atoms with Crippen molar-refractivity contribution in [2.24, 2.45) is 0 Å². The summed E-state index contributed by atoms with van der Waals surface area (Å²) in [6.45, 7) is 5.26. The van der Waals surface area contributed by atoms with E-state index in [-0.39, 0.29) is 11.3 Å². The summed E-state index contributed by atoms with van der Waals surface area (Å²) >= 11 is 1.08. The van der Waals surface area contributed by atoms with Gasteiger partial charge in [0.25, 0.3) is 5.22 Å². The number of amides is 3. The fraction of sp³-hybridized carbons (Fsp3) is 0.357. The van der Waals surface area contributed by atoms with Crippen molar-refractivity contribution in [2.45, 2.75) is 37.3 Å². The number of pyridine rings is 1. The number of thioether (sulfide) groups is 1. The lowest BCUT2D eigenvalue weighted by molar-refractivity contribution is -0.119. The maximum atomic E-state index is 11.9. The summed E-state index contributed by atoms with van der Waals surface area (Å²) in [5, 5.41) is 12.3. The van der Waals surface area contributed by atoms with Crippen LogP contribution in [0.25, 0.3) is 11.5 Å². The molecular weight excluding hydrogens is 318 g/mol. The first-order chi connectivity index (χ1) is 11.0. The fourth-order valence-corrected chi connectivity index (χ4v) is 2.26. The number of carbonyl (C=O) groups is 2. The predicted octanol–water partition coefficient (Wildman–Crippen LogP) is 1.85. The smallest absolute Gasteiger partial charge is 0.321 e. The number of urea groups is 1. The number of nitrogens with zero attached hydrogens (tertiary/aromatic N) is 3. The van der Waals surface area contributed by atoms with Gasteiger partial charge < -0.3 is 9.73 Å². The van der Waals surface area contributed by atoms with E-state index in [1.165, 1.54) is 0 Å². The molecule has 23 heavy (non-hydrogen) atoms. The van der Waals surface area contributed by atoms with Crippen LogP contribution < -0.4 is 10.6 Å². The topological polar surface area (TPSA) is 110 Å². The number of imide groups is 1. The van der Waals surface area contributed by atoms with Gasteiger partial charge >= 0.3 is 6.03 Å². The molecule has 2 rings (SSSR count). The Balaban J connectivity index is 1.93.